The first-order chi connectivity index (χ1) is 14.6. The molecule has 0 saturated heterocycles. The molecule has 2 aromatic heterocycles. The van der Waals surface area contributed by atoms with Crippen molar-refractivity contribution in [2.45, 2.75) is 13.1 Å². The molecule has 31 heavy (non-hydrogen) atoms. The molecule has 10 heteroatoms. The zero-order valence-electron chi connectivity index (χ0n) is 15.8. The highest BCUT2D eigenvalue weighted by molar-refractivity contribution is 9.10. The third-order valence-electron chi connectivity index (χ3n) is 4.49. The topological polar surface area (TPSA) is 59.3 Å². The zero-order chi connectivity index (χ0) is 22.3. The third kappa shape index (κ3) is 4.28. The standard InChI is InChI=1S/C21H13BrClF3N4O/c1-11-2-8-14(9-3-11)27-20(31)18-17(23)19-28-15(12-4-6-13(22)7-5-12)10-16(21(24,25)26)30(19)29-18/h2-10H,1H3,(H,27,31). The van der Waals surface area contributed by atoms with Crippen LogP contribution >= 0.6 is 27.5 Å². The van der Waals surface area contributed by atoms with Crippen LogP contribution in [0, 0.1) is 6.92 Å². The van der Waals surface area contributed by atoms with Gasteiger partial charge in [0.25, 0.3) is 5.91 Å². The molecule has 0 aliphatic rings. The molecule has 4 rings (SSSR count). The summed E-state index contributed by atoms with van der Waals surface area (Å²) in [5.41, 5.74) is 0.258. The molecule has 0 saturated carbocycles. The first kappa shape index (κ1) is 21.3. The van der Waals surface area contributed by atoms with Crippen LogP contribution in [0.2, 0.25) is 5.02 Å². The van der Waals surface area contributed by atoms with Crippen LogP contribution in [0.1, 0.15) is 21.7 Å². The number of benzene rings is 2. The first-order valence-corrected chi connectivity index (χ1v) is 10.1. The van der Waals surface area contributed by atoms with Crippen molar-refractivity contribution in [3.05, 3.63) is 81.0 Å². The number of halogens is 5. The Labute approximate surface area is 188 Å². The minimum Gasteiger partial charge on any atom is -0.321 e. The highest BCUT2D eigenvalue weighted by Gasteiger charge is 2.36. The largest absolute Gasteiger partial charge is 0.433 e. The summed E-state index contributed by atoms with van der Waals surface area (Å²) in [6, 6.07) is 14.4. The summed E-state index contributed by atoms with van der Waals surface area (Å²) in [7, 11) is 0. The lowest BCUT2D eigenvalue weighted by Crippen LogP contribution is -2.15. The van der Waals surface area contributed by atoms with E-state index < -0.39 is 17.8 Å². The Balaban J connectivity index is 1.83. The average Bonchev–Trinajstić information content (AvgIpc) is 3.05. The second-order valence-corrected chi connectivity index (χ2v) is 8.04. The fourth-order valence-corrected chi connectivity index (χ4v) is 3.44. The normalized spacial score (nSPS) is 11.7. The number of aromatic nitrogens is 3. The van der Waals surface area contributed by atoms with Crippen molar-refractivity contribution in [3.63, 3.8) is 0 Å². The molecule has 0 bridgehead atoms. The van der Waals surface area contributed by atoms with Crippen molar-refractivity contribution in [3.8, 4) is 11.3 Å². The number of anilines is 1. The molecular weight excluding hydrogens is 497 g/mol. The van der Waals surface area contributed by atoms with Crippen LogP contribution in [0.5, 0.6) is 0 Å². The molecule has 0 radical (unpaired) electrons. The van der Waals surface area contributed by atoms with Gasteiger partial charge in [-0.05, 0) is 37.3 Å². The molecule has 0 fully saturated rings. The minimum atomic E-state index is -4.74. The van der Waals surface area contributed by atoms with Gasteiger partial charge in [-0.25, -0.2) is 9.50 Å². The van der Waals surface area contributed by atoms with Crippen molar-refractivity contribution >= 4 is 44.8 Å². The van der Waals surface area contributed by atoms with Gasteiger partial charge in [0.1, 0.15) is 5.02 Å². The van der Waals surface area contributed by atoms with Crippen LogP contribution in [0.4, 0.5) is 18.9 Å². The van der Waals surface area contributed by atoms with Crippen LogP contribution in [0.25, 0.3) is 16.9 Å². The van der Waals surface area contributed by atoms with Gasteiger partial charge in [0.05, 0.1) is 5.69 Å². The summed E-state index contributed by atoms with van der Waals surface area (Å²) in [6.45, 7) is 1.89. The lowest BCUT2D eigenvalue weighted by Gasteiger charge is -2.11. The van der Waals surface area contributed by atoms with Gasteiger partial charge in [0.2, 0.25) is 0 Å². The monoisotopic (exact) mass is 508 g/mol. The zero-order valence-corrected chi connectivity index (χ0v) is 18.2. The Hall–Kier alpha value is -2.91. The van der Waals surface area contributed by atoms with Gasteiger partial charge in [-0.15, -0.1) is 0 Å². The maximum atomic E-state index is 13.8. The van der Waals surface area contributed by atoms with E-state index in [1.807, 2.05) is 6.92 Å². The maximum Gasteiger partial charge on any atom is 0.433 e. The Morgan fingerprint density at radius 3 is 2.35 bits per heavy atom. The van der Waals surface area contributed by atoms with Crippen LogP contribution < -0.4 is 5.32 Å². The van der Waals surface area contributed by atoms with Crippen molar-refractivity contribution in [1.82, 2.24) is 14.6 Å². The lowest BCUT2D eigenvalue weighted by molar-refractivity contribution is -0.142. The number of aryl methyl sites for hydroxylation is 1. The summed E-state index contributed by atoms with van der Waals surface area (Å²) in [4.78, 5) is 16.9. The van der Waals surface area contributed by atoms with Gasteiger partial charge in [0, 0.05) is 15.7 Å². The Morgan fingerprint density at radius 1 is 1.10 bits per heavy atom. The van der Waals surface area contributed by atoms with Crippen molar-refractivity contribution < 1.29 is 18.0 Å². The highest BCUT2D eigenvalue weighted by atomic mass is 79.9. The maximum absolute atomic E-state index is 13.8. The molecule has 1 amide bonds. The van der Waals surface area contributed by atoms with E-state index in [0.29, 0.717) is 15.8 Å². The minimum absolute atomic E-state index is 0.0552. The quantitative estimate of drug-likeness (QED) is 0.348. The number of amides is 1. The van der Waals surface area contributed by atoms with E-state index in [4.69, 9.17) is 11.6 Å². The highest BCUT2D eigenvalue weighted by Crippen LogP contribution is 2.35. The van der Waals surface area contributed by atoms with E-state index in [1.54, 1.807) is 48.5 Å². The fraction of sp³-hybridized carbons (Fsp3) is 0.0952. The van der Waals surface area contributed by atoms with E-state index in [2.05, 4.69) is 31.3 Å². The van der Waals surface area contributed by atoms with E-state index in [9.17, 15) is 18.0 Å². The van der Waals surface area contributed by atoms with Gasteiger partial charge >= 0.3 is 6.18 Å². The number of hydrogen-bond acceptors (Lipinski definition) is 3. The van der Waals surface area contributed by atoms with E-state index >= 15 is 0 Å². The van der Waals surface area contributed by atoms with Crippen LogP contribution in [0.15, 0.2) is 59.1 Å². The second-order valence-electron chi connectivity index (χ2n) is 6.75. The number of nitrogens with zero attached hydrogens (tertiary/aromatic N) is 3. The summed E-state index contributed by atoms with van der Waals surface area (Å²) in [6.07, 6.45) is -4.74. The molecule has 5 nitrogen and oxygen atoms in total. The molecule has 2 heterocycles. The second kappa shape index (κ2) is 7.97. The number of alkyl halides is 3. The molecule has 0 aliphatic heterocycles. The summed E-state index contributed by atoms with van der Waals surface area (Å²) >= 11 is 9.55. The molecular formula is C21H13BrClF3N4O. The number of hydrogen-bond donors (Lipinski definition) is 1. The summed E-state index contributed by atoms with van der Waals surface area (Å²) in [5.74, 6) is -0.738. The van der Waals surface area contributed by atoms with Gasteiger partial charge in [0.15, 0.2) is 17.0 Å². The molecule has 1 N–H and O–H groups in total. The molecule has 0 unspecified atom stereocenters. The van der Waals surface area contributed by atoms with Gasteiger partial charge in [-0.3, -0.25) is 4.79 Å². The number of carbonyl (C=O) groups is 1. The van der Waals surface area contributed by atoms with Crippen LogP contribution in [0.3, 0.4) is 0 Å². The Kier molecular flexibility index (Phi) is 5.49. The van der Waals surface area contributed by atoms with Gasteiger partial charge in [-0.2, -0.15) is 18.3 Å². The average molecular weight is 510 g/mol. The van der Waals surface area contributed by atoms with Crippen LogP contribution in [-0.4, -0.2) is 20.5 Å². The predicted molar refractivity (Wildman–Crippen MR) is 115 cm³/mol. The summed E-state index contributed by atoms with van der Waals surface area (Å²) in [5, 5.41) is 6.14. The number of rotatable bonds is 3. The molecule has 158 valence electrons. The lowest BCUT2D eigenvalue weighted by atomic mass is 10.1. The van der Waals surface area contributed by atoms with Crippen molar-refractivity contribution in [2.75, 3.05) is 5.32 Å². The van der Waals surface area contributed by atoms with Crippen LogP contribution in [-0.2, 0) is 6.18 Å². The Morgan fingerprint density at radius 2 is 1.74 bits per heavy atom. The molecule has 0 spiro atoms. The Bertz CT molecular complexity index is 1290. The van der Waals surface area contributed by atoms with Crippen molar-refractivity contribution in [1.29, 1.82) is 0 Å². The number of nitrogens with one attached hydrogen (secondary N) is 1. The smallest absolute Gasteiger partial charge is 0.321 e. The van der Waals surface area contributed by atoms with Crippen molar-refractivity contribution in [2.24, 2.45) is 0 Å². The van der Waals surface area contributed by atoms with E-state index in [1.165, 1.54) is 0 Å². The summed E-state index contributed by atoms with van der Waals surface area (Å²) < 4.78 is 42.6. The van der Waals surface area contributed by atoms with Gasteiger partial charge in [-0.1, -0.05) is 57.4 Å². The molecule has 4 aromatic rings. The molecule has 2 aromatic carbocycles. The number of fused-ring (bicyclic) bond motifs is 1. The molecule has 0 atom stereocenters. The fourth-order valence-electron chi connectivity index (χ4n) is 2.93. The third-order valence-corrected chi connectivity index (χ3v) is 5.36. The van der Waals surface area contributed by atoms with E-state index in [0.717, 1.165) is 16.1 Å². The van der Waals surface area contributed by atoms with Gasteiger partial charge < -0.3 is 5.32 Å². The molecule has 0 aliphatic carbocycles. The first-order valence-electron chi connectivity index (χ1n) is 8.94. The SMILES string of the molecule is Cc1ccc(NC(=O)c2nn3c(C(F)(F)F)cc(-c4ccc(Br)cc4)nc3c2Cl)cc1. The predicted octanol–water partition coefficient (Wildman–Crippen LogP) is 6.39. The van der Waals surface area contributed by atoms with E-state index in [-0.39, 0.29) is 22.1 Å². The number of carbonyl (C=O) groups excluding carboxylic acids is 1.